The quantitative estimate of drug-likeness (QED) is 0.779. The summed E-state index contributed by atoms with van der Waals surface area (Å²) in [5.41, 5.74) is 8.83. The highest BCUT2D eigenvalue weighted by atomic mass is 35.5. The highest BCUT2D eigenvalue weighted by Crippen LogP contribution is 2.31. The van der Waals surface area contributed by atoms with E-state index in [-0.39, 0.29) is 6.04 Å². The van der Waals surface area contributed by atoms with Crippen LogP contribution in [0.5, 0.6) is 0 Å². The number of halogens is 1. The first-order valence-corrected chi connectivity index (χ1v) is 6.38. The normalized spacial score (nSPS) is 12.7. The van der Waals surface area contributed by atoms with Crippen molar-refractivity contribution in [3.63, 3.8) is 0 Å². The molecule has 0 aliphatic heterocycles. The van der Waals surface area contributed by atoms with Crippen LogP contribution in [-0.2, 0) is 0 Å². The molecular formula is C14H13ClN4. The van der Waals surface area contributed by atoms with Gasteiger partial charge in [0.25, 0.3) is 0 Å². The molecule has 0 amide bonds. The number of rotatable bonds is 2. The minimum atomic E-state index is 0.0490. The summed E-state index contributed by atoms with van der Waals surface area (Å²) in [6, 6.07) is 9.61. The minimum Gasteiger partial charge on any atom is -0.369 e. The van der Waals surface area contributed by atoms with Crippen molar-refractivity contribution in [3.8, 4) is 0 Å². The fourth-order valence-electron chi connectivity index (χ4n) is 2.31. The molecule has 0 aliphatic rings. The van der Waals surface area contributed by atoms with Gasteiger partial charge in [0.1, 0.15) is 0 Å². The molecule has 2 N–H and O–H groups in total. The smallest absolute Gasteiger partial charge is 0.201 e. The number of imidazole rings is 1. The SMILES string of the molecule is CC(c1ccncc1)n1c(N)nc2cccc(Cl)c21. The van der Waals surface area contributed by atoms with E-state index in [1.54, 1.807) is 12.4 Å². The van der Waals surface area contributed by atoms with Gasteiger partial charge in [0, 0.05) is 12.4 Å². The van der Waals surface area contributed by atoms with Crippen molar-refractivity contribution in [2.24, 2.45) is 0 Å². The number of hydrogen-bond donors (Lipinski definition) is 1. The number of nitrogens with two attached hydrogens (primary N) is 1. The number of benzene rings is 1. The van der Waals surface area contributed by atoms with Crippen LogP contribution in [0.3, 0.4) is 0 Å². The molecule has 0 saturated carbocycles. The van der Waals surface area contributed by atoms with Crippen molar-refractivity contribution >= 4 is 28.6 Å². The van der Waals surface area contributed by atoms with Crippen LogP contribution in [0.15, 0.2) is 42.7 Å². The van der Waals surface area contributed by atoms with Crippen LogP contribution in [0, 0.1) is 0 Å². The number of para-hydroxylation sites is 1. The molecule has 2 aromatic heterocycles. The Balaban J connectivity index is 2.23. The third-order valence-electron chi connectivity index (χ3n) is 3.26. The van der Waals surface area contributed by atoms with E-state index in [0.717, 1.165) is 16.6 Å². The third-order valence-corrected chi connectivity index (χ3v) is 3.57. The Labute approximate surface area is 115 Å². The lowest BCUT2D eigenvalue weighted by atomic mass is 10.1. The van der Waals surface area contributed by atoms with Gasteiger partial charge in [0.15, 0.2) is 0 Å². The van der Waals surface area contributed by atoms with Gasteiger partial charge in [-0.25, -0.2) is 4.98 Å². The minimum absolute atomic E-state index is 0.0490. The predicted molar refractivity (Wildman–Crippen MR) is 77.2 cm³/mol. The standard InChI is InChI=1S/C14H13ClN4/c1-9(10-5-7-17-8-6-10)19-13-11(15)3-2-4-12(13)18-14(19)16/h2-9H,1H3,(H2,16,18). The van der Waals surface area contributed by atoms with E-state index in [9.17, 15) is 0 Å². The molecule has 5 heteroatoms. The highest BCUT2D eigenvalue weighted by molar-refractivity contribution is 6.35. The van der Waals surface area contributed by atoms with E-state index >= 15 is 0 Å². The fraction of sp³-hybridized carbons (Fsp3) is 0.143. The van der Waals surface area contributed by atoms with E-state index in [0.29, 0.717) is 11.0 Å². The van der Waals surface area contributed by atoms with E-state index < -0.39 is 0 Å². The second-order valence-corrected chi connectivity index (χ2v) is 4.81. The van der Waals surface area contributed by atoms with Crippen LogP contribution < -0.4 is 5.73 Å². The van der Waals surface area contributed by atoms with Gasteiger partial charge < -0.3 is 10.3 Å². The molecule has 19 heavy (non-hydrogen) atoms. The summed E-state index contributed by atoms with van der Waals surface area (Å²) in [5.74, 6) is 0.465. The second-order valence-electron chi connectivity index (χ2n) is 4.40. The molecule has 0 spiro atoms. The molecule has 0 fully saturated rings. The number of hydrogen-bond acceptors (Lipinski definition) is 3. The van der Waals surface area contributed by atoms with Gasteiger partial charge in [-0.05, 0) is 36.8 Å². The monoisotopic (exact) mass is 272 g/mol. The number of nitrogens with zero attached hydrogens (tertiary/aromatic N) is 3. The maximum Gasteiger partial charge on any atom is 0.201 e. The second kappa shape index (κ2) is 4.55. The van der Waals surface area contributed by atoms with Gasteiger partial charge in [0.2, 0.25) is 5.95 Å². The zero-order valence-corrected chi connectivity index (χ0v) is 11.2. The zero-order chi connectivity index (χ0) is 13.4. The van der Waals surface area contributed by atoms with Crippen molar-refractivity contribution in [1.29, 1.82) is 0 Å². The van der Waals surface area contributed by atoms with Crippen LogP contribution in [0.1, 0.15) is 18.5 Å². The summed E-state index contributed by atoms with van der Waals surface area (Å²) >= 11 is 6.28. The molecule has 0 radical (unpaired) electrons. The van der Waals surface area contributed by atoms with Crippen LogP contribution in [0.2, 0.25) is 5.02 Å². The molecule has 0 saturated heterocycles. The first kappa shape index (κ1) is 12.0. The molecule has 96 valence electrons. The maximum absolute atomic E-state index is 6.28. The number of anilines is 1. The predicted octanol–water partition coefficient (Wildman–Crippen LogP) is 3.28. The van der Waals surface area contributed by atoms with Crippen LogP contribution >= 0.6 is 11.6 Å². The molecule has 1 unspecified atom stereocenters. The number of nitrogen functional groups attached to an aromatic ring is 1. The van der Waals surface area contributed by atoms with Gasteiger partial charge in [-0.15, -0.1) is 0 Å². The topological polar surface area (TPSA) is 56.7 Å². The van der Waals surface area contributed by atoms with E-state index in [1.165, 1.54) is 0 Å². The zero-order valence-electron chi connectivity index (χ0n) is 10.4. The summed E-state index contributed by atoms with van der Waals surface area (Å²) in [6.07, 6.45) is 3.53. The molecule has 4 nitrogen and oxygen atoms in total. The Morgan fingerprint density at radius 1 is 1.21 bits per heavy atom. The lowest BCUT2D eigenvalue weighted by Gasteiger charge is -2.16. The Morgan fingerprint density at radius 2 is 1.95 bits per heavy atom. The Hall–Kier alpha value is -2.07. The number of fused-ring (bicyclic) bond motifs is 1. The molecular weight excluding hydrogens is 260 g/mol. The van der Waals surface area contributed by atoms with E-state index in [4.69, 9.17) is 17.3 Å². The highest BCUT2D eigenvalue weighted by Gasteiger charge is 2.17. The Bertz CT molecular complexity index is 721. The molecule has 0 bridgehead atoms. The van der Waals surface area contributed by atoms with Crippen LogP contribution in [0.4, 0.5) is 5.95 Å². The Kier molecular flexibility index (Phi) is 2.87. The average molecular weight is 273 g/mol. The van der Waals surface area contributed by atoms with Crippen molar-refractivity contribution in [2.75, 3.05) is 5.73 Å². The van der Waals surface area contributed by atoms with Gasteiger partial charge >= 0.3 is 0 Å². The summed E-state index contributed by atoms with van der Waals surface area (Å²) in [5, 5.41) is 0.655. The van der Waals surface area contributed by atoms with Gasteiger partial charge in [-0.3, -0.25) is 4.98 Å². The summed E-state index contributed by atoms with van der Waals surface area (Å²) in [4.78, 5) is 8.39. The summed E-state index contributed by atoms with van der Waals surface area (Å²) in [6.45, 7) is 2.07. The fourth-order valence-corrected chi connectivity index (χ4v) is 2.57. The number of aromatic nitrogens is 3. The van der Waals surface area contributed by atoms with Crippen LogP contribution in [-0.4, -0.2) is 14.5 Å². The first-order chi connectivity index (χ1) is 9.18. The summed E-state index contributed by atoms with van der Waals surface area (Å²) in [7, 11) is 0. The van der Waals surface area contributed by atoms with Gasteiger partial charge in [-0.1, -0.05) is 17.7 Å². The van der Waals surface area contributed by atoms with Gasteiger partial charge in [0.05, 0.1) is 22.1 Å². The average Bonchev–Trinajstić information content (AvgIpc) is 2.76. The third kappa shape index (κ3) is 1.94. The lowest BCUT2D eigenvalue weighted by molar-refractivity contribution is 0.667. The molecule has 2 heterocycles. The molecule has 1 atom stereocenters. The van der Waals surface area contributed by atoms with Gasteiger partial charge in [-0.2, -0.15) is 0 Å². The molecule has 1 aromatic carbocycles. The van der Waals surface area contributed by atoms with Crippen LogP contribution in [0.25, 0.3) is 11.0 Å². The lowest BCUT2D eigenvalue weighted by Crippen LogP contribution is -2.10. The molecule has 0 aliphatic carbocycles. The van der Waals surface area contributed by atoms with Crippen molar-refractivity contribution < 1.29 is 0 Å². The Morgan fingerprint density at radius 3 is 2.68 bits per heavy atom. The van der Waals surface area contributed by atoms with Crippen molar-refractivity contribution in [2.45, 2.75) is 13.0 Å². The summed E-state index contributed by atoms with van der Waals surface area (Å²) < 4.78 is 1.95. The molecule has 3 rings (SSSR count). The van der Waals surface area contributed by atoms with E-state index in [2.05, 4.69) is 16.9 Å². The largest absolute Gasteiger partial charge is 0.369 e. The maximum atomic E-state index is 6.28. The van der Waals surface area contributed by atoms with E-state index in [1.807, 2.05) is 34.9 Å². The molecule has 3 aromatic rings. The number of pyridine rings is 1. The van der Waals surface area contributed by atoms with Crippen molar-refractivity contribution in [3.05, 3.63) is 53.3 Å². The first-order valence-electron chi connectivity index (χ1n) is 6.00. The van der Waals surface area contributed by atoms with Crippen molar-refractivity contribution in [1.82, 2.24) is 14.5 Å².